The van der Waals surface area contributed by atoms with Crippen LogP contribution < -0.4 is 0 Å². The summed E-state index contributed by atoms with van der Waals surface area (Å²) in [5.41, 5.74) is 1.85. The predicted molar refractivity (Wildman–Crippen MR) is 84.9 cm³/mol. The van der Waals surface area contributed by atoms with Gasteiger partial charge in [-0.2, -0.15) is 0 Å². The highest BCUT2D eigenvalue weighted by molar-refractivity contribution is 6.07. The average Bonchev–Trinajstić information content (AvgIpc) is 2.41. The molecule has 0 radical (unpaired) electrons. The first-order chi connectivity index (χ1) is 9.72. The summed E-state index contributed by atoms with van der Waals surface area (Å²) in [6.07, 6.45) is 9.04. The van der Waals surface area contributed by atoms with Gasteiger partial charge < -0.3 is 5.11 Å². The van der Waals surface area contributed by atoms with Crippen molar-refractivity contribution in [2.24, 2.45) is 10.8 Å². The van der Waals surface area contributed by atoms with Crippen LogP contribution in [0.2, 0.25) is 0 Å². The lowest BCUT2D eigenvalue weighted by atomic mass is 9.56. The van der Waals surface area contributed by atoms with Crippen molar-refractivity contribution >= 4 is 5.78 Å². The third-order valence-corrected chi connectivity index (χ3v) is 5.97. The Hall–Kier alpha value is -1.15. The lowest BCUT2D eigenvalue weighted by molar-refractivity contribution is -0.113. The molecule has 2 heteroatoms. The average molecular weight is 286 g/mol. The first-order valence-corrected chi connectivity index (χ1v) is 8.07. The van der Waals surface area contributed by atoms with E-state index in [0.29, 0.717) is 0 Å². The molecule has 21 heavy (non-hydrogen) atoms. The summed E-state index contributed by atoms with van der Waals surface area (Å²) >= 11 is 0. The zero-order chi connectivity index (χ0) is 15.5. The van der Waals surface area contributed by atoms with Crippen molar-refractivity contribution in [3.8, 4) is 0 Å². The van der Waals surface area contributed by atoms with Crippen LogP contribution >= 0.6 is 0 Å². The van der Waals surface area contributed by atoms with E-state index >= 15 is 0 Å². The molecule has 2 unspecified atom stereocenters. The topological polar surface area (TPSA) is 37.3 Å². The third kappa shape index (κ3) is 2.07. The SMILES string of the molecule is C=CC1(C)CCC2=C(C1)C(=O)C=C1C(C)(C)CCCC12O. The highest BCUT2D eigenvalue weighted by Gasteiger charge is 2.51. The van der Waals surface area contributed by atoms with Crippen molar-refractivity contribution in [1.82, 2.24) is 0 Å². The zero-order valence-electron chi connectivity index (χ0n) is 13.5. The van der Waals surface area contributed by atoms with Gasteiger partial charge in [-0.05, 0) is 66.6 Å². The zero-order valence-corrected chi connectivity index (χ0v) is 13.5. The first kappa shape index (κ1) is 14.8. The van der Waals surface area contributed by atoms with Crippen LogP contribution in [0.25, 0.3) is 0 Å². The van der Waals surface area contributed by atoms with Crippen LogP contribution in [0.3, 0.4) is 0 Å². The van der Waals surface area contributed by atoms with E-state index in [1.54, 1.807) is 6.08 Å². The van der Waals surface area contributed by atoms with Gasteiger partial charge in [-0.15, -0.1) is 6.58 Å². The molecule has 1 N–H and O–H groups in total. The van der Waals surface area contributed by atoms with E-state index in [-0.39, 0.29) is 16.6 Å². The Kier molecular flexibility index (Phi) is 3.11. The summed E-state index contributed by atoms with van der Waals surface area (Å²) in [6.45, 7) is 10.4. The van der Waals surface area contributed by atoms with Crippen molar-refractivity contribution in [2.75, 3.05) is 0 Å². The number of rotatable bonds is 1. The van der Waals surface area contributed by atoms with Gasteiger partial charge in [-0.25, -0.2) is 0 Å². The molecule has 0 aromatic heterocycles. The molecule has 114 valence electrons. The molecule has 0 amide bonds. The van der Waals surface area contributed by atoms with Crippen LogP contribution in [-0.4, -0.2) is 16.5 Å². The molecule has 0 bridgehead atoms. The van der Waals surface area contributed by atoms with E-state index < -0.39 is 5.60 Å². The van der Waals surface area contributed by atoms with Crippen LogP contribution in [0.5, 0.6) is 0 Å². The molecule has 0 aromatic carbocycles. The van der Waals surface area contributed by atoms with Crippen molar-refractivity contribution in [3.63, 3.8) is 0 Å². The lowest BCUT2D eigenvalue weighted by Crippen LogP contribution is -2.48. The number of hydrogen-bond donors (Lipinski definition) is 1. The molecule has 0 saturated heterocycles. The number of allylic oxidation sites excluding steroid dienone is 3. The fraction of sp³-hybridized carbons (Fsp3) is 0.632. The number of aliphatic hydroxyl groups is 1. The number of carbonyl (C=O) groups is 1. The Labute approximate surface area is 127 Å². The summed E-state index contributed by atoms with van der Waals surface area (Å²) in [5.74, 6) is 0.118. The maximum absolute atomic E-state index is 12.6. The lowest BCUT2D eigenvalue weighted by Gasteiger charge is -2.50. The minimum atomic E-state index is -0.868. The second-order valence-corrected chi connectivity index (χ2v) is 8.01. The van der Waals surface area contributed by atoms with E-state index in [1.807, 2.05) is 6.08 Å². The van der Waals surface area contributed by atoms with Gasteiger partial charge in [0.2, 0.25) is 0 Å². The van der Waals surface area contributed by atoms with E-state index in [4.69, 9.17) is 0 Å². The summed E-state index contributed by atoms with van der Waals surface area (Å²) in [5, 5.41) is 11.4. The smallest absolute Gasteiger partial charge is 0.182 e. The fourth-order valence-corrected chi connectivity index (χ4v) is 4.49. The molecule has 1 fully saturated rings. The van der Waals surface area contributed by atoms with Crippen LogP contribution in [-0.2, 0) is 4.79 Å². The number of fused-ring (bicyclic) bond motifs is 2. The van der Waals surface area contributed by atoms with Gasteiger partial charge in [0.15, 0.2) is 5.78 Å². The number of hydrogen-bond acceptors (Lipinski definition) is 2. The summed E-state index contributed by atoms with van der Waals surface area (Å²) in [6, 6.07) is 0. The summed E-state index contributed by atoms with van der Waals surface area (Å²) in [7, 11) is 0. The Morgan fingerprint density at radius 1 is 1.24 bits per heavy atom. The van der Waals surface area contributed by atoms with Crippen molar-refractivity contribution in [2.45, 2.75) is 64.9 Å². The molecule has 1 saturated carbocycles. The highest BCUT2D eigenvalue weighted by Crippen LogP contribution is 2.55. The second kappa shape index (κ2) is 4.42. The van der Waals surface area contributed by atoms with Gasteiger partial charge in [-0.3, -0.25) is 4.79 Å². The predicted octanol–water partition coefficient (Wildman–Crippen LogP) is 4.11. The quantitative estimate of drug-likeness (QED) is 0.737. The Balaban J connectivity index is 2.10. The molecule has 0 aromatic rings. The van der Waals surface area contributed by atoms with Gasteiger partial charge in [0.05, 0.1) is 0 Å². The molecule has 3 aliphatic rings. The Bertz CT molecular complexity index is 578. The number of ketones is 1. The fourth-order valence-electron chi connectivity index (χ4n) is 4.49. The van der Waals surface area contributed by atoms with Crippen molar-refractivity contribution in [3.05, 3.63) is 35.5 Å². The molecule has 0 aliphatic heterocycles. The van der Waals surface area contributed by atoms with Crippen LogP contribution in [0.4, 0.5) is 0 Å². The summed E-state index contributed by atoms with van der Waals surface area (Å²) in [4.78, 5) is 12.6. The monoisotopic (exact) mass is 286 g/mol. The molecule has 3 rings (SSSR count). The van der Waals surface area contributed by atoms with Gasteiger partial charge in [0.25, 0.3) is 0 Å². The summed E-state index contributed by atoms with van der Waals surface area (Å²) < 4.78 is 0. The van der Waals surface area contributed by atoms with Gasteiger partial charge >= 0.3 is 0 Å². The van der Waals surface area contributed by atoms with Crippen LogP contribution in [0, 0.1) is 10.8 Å². The minimum absolute atomic E-state index is 0.0135. The Morgan fingerprint density at radius 2 is 1.95 bits per heavy atom. The molecular formula is C19H26O2. The molecule has 0 spiro atoms. The van der Waals surface area contributed by atoms with Crippen molar-refractivity contribution < 1.29 is 9.90 Å². The maximum atomic E-state index is 12.6. The van der Waals surface area contributed by atoms with Crippen molar-refractivity contribution in [1.29, 1.82) is 0 Å². The van der Waals surface area contributed by atoms with Crippen LogP contribution in [0.15, 0.2) is 35.5 Å². The second-order valence-electron chi connectivity index (χ2n) is 8.01. The molecule has 3 aliphatic carbocycles. The Morgan fingerprint density at radius 3 is 2.62 bits per heavy atom. The molecule has 0 heterocycles. The first-order valence-electron chi connectivity index (χ1n) is 8.07. The molecule has 2 nitrogen and oxygen atoms in total. The maximum Gasteiger partial charge on any atom is 0.182 e. The van der Waals surface area contributed by atoms with E-state index in [0.717, 1.165) is 55.2 Å². The standard InChI is InChI=1S/C19H26O2/c1-5-18(4)10-7-14-13(12-18)15(20)11-16-17(2,3)8-6-9-19(14,16)21/h5,11,21H,1,6-10,12H2,2-4H3. The van der Waals surface area contributed by atoms with Gasteiger partial charge in [-0.1, -0.05) is 26.8 Å². The van der Waals surface area contributed by atoms with Crippen LogP contribution in [0.1, 0.15) is 59.3 Å². The van der Waals surface area contributed by atoms with Gasteiger partial charge in [0, 0.05) is 5.57 Å². The third-order valence-electron chi connectivity index (χ3n) is 5.97. The number of carbonyl (C=O) groups excluding carboxylic acids is 1. The molecular weight excluding hydrogens is 260 g/mol. The van der Waals surface area contributed by atoms with E-state index in [9.17, 15) is 9.90 Å². The largest absolute Gasteiger partial charge is 0.381 e. The van der Waals surface area contributed by atoms with E-state index in [1.165, 1.54) is 0 Å². The van der Waals surface area contributed by atoms with E-state index in [2.05, 4.69) is 27.4 Å². The normalized spacial score (nSPS) is 38.5. The molecule has 2 atom stereocenters. The van der Waals surface area contributed by atoms with Gasteiger partial charge in [0.1, 0.15) is 5.60 Å². The highest BCUT2D eigenvalue weighted by atomic mass is 16.3. The minimum Gasteiger partial charge on any atom is -0.381 e.